The molecule has 1 amide bonds. The predicted molar refractivity (Wildman–Crippen MR) is 97.0 cm³/mol. The second-order valence-corrected chi connectivity index (χ2v) is 6.11. The molecule has 0 unspecified atom stereocenters. The number of alkyl carbamates (subject to hydrolysis) is 1. The zero-order valence-corrected chi connectivity index (χ0v) is 13.8. The van der Waals surface area contributed by atoms with Crippen LogP contribution in [0.15, 0.2) is 54.7 Å². The van der Waals surface area contributed by atoms with Gasteiger partial charge in [-0.05, 0) is 47.7 Å². The number of pyridine rings is 1. The van der Waals surface area contributed by atoms with Crippen LogP contribution in [0.2, 0.25) is 0 Å². The summed E-state index contributed by atoms with van der Waals surface area (Å²) in [6.45, 7) is 0.536. The number of aromatic amines is 1. The number of benzene rings is 1. The minimum atomic E-state index is -0.399. The summed E-state index contributed by atoms with van der Waals surface area (Å²) in [5.41, 5.74) is 4.56. The van der Waals surface area contributed by atoms with E-state index in [1.165, 1.54) is 16.5 Å². The highest BCUT2D eigenvalue weighted by Gasteiger charge is 2.14. The summed E-state index contributed by atoms with van der Waals surface area (Å²) in [6.07, 6.45) is 9.44. The highest BCUT2D eigenvalue weighted by molar-refractivity contribution is 5.83. The lowest BCUT2D eigenvalue weighted by molar-refractivity contribution is 0.173. The molecule has 0 aliphatic heterocycles. The molecular formula is C20H19N3O2. The minimum absolute atomic E-state index is 0.399. The molecule has 0 saturated heterocycles. The Hall–Kier alpha value is -3.08. The molecule has 1 aromatic carbocycles. The topological polar surface area (TPSA) is 67.0 Å². The lowest BCUT2D eigenvalue weighted by Crippen LogP contribution is -2.26. The number of carbonyl (C=O) groups is 1. The van der Waals surface area contributed by atoms with E-state index in [0.29, 0.717) is 18.7 Å². The van der Waals surface area contributed by atoms with Crippen LogP contribution in [0.3, 0.4) is 0 Å². The zero-order chi connectivity index (χ0) is 17.1. The van der Waals surface area contributed by atoms with Crippen molar-refractivity contribution in [3.8, 4) is 0 Å². The van der Waals surface area contributed by atoms with Crippen LogP contribution in [0, 0.1) is 0 Å². The number of carbonyl (C=O) groups excluding carboxylic acids is 1. The molecular weight excluding hydrogens is 314 g/mol. The smallest absolute Gasteiger partial charge is 0.412 e. The van der Waals surface area contributed by atoms with Crippen molar-refractivity contribution in [1.82, 2.24) is 15.3 Å². The number of rotatable bonds is 4. The molecule has 0 fully saturated rings. The number of H-pyrrole nitrogens is 1. The van der Waals surface area contributed by atoms with Crippen molar-refractivity contribution in [3.05, 3.63) is 71.4 Å². The molecule has 0 spiro atoms. The highest BCUT2D eigenvalue weighted by Crippen LogP contribution is 2.23. The molecule has 25 heavy (non-hydrogen) atoms. The predicted octanol–water partition coefficient (Wildman–Crippen LogP) is 3.82. The fraction of sp³-hybridized carbons (Fsp3) is 0.200. The summed E-state index contributed by atoms with van der Waals surface area (Å²) in [7, 11) is 0. The van der Waals surface area contributed by atoms with Crippen LogP contribution in [0.5, 0.6) is 0 Å². The normalized spacial score (nSPS) is 13.2. The maximum absolute atomic E-state index is 12.0. The van der Waals surface area contributed by atoms with Gasteiger partial charge in [-0.25, -0.2) is 4.79 Å². The van der Waals surface area contributed by atoms with E-state index in [2.05, 4.69) is 21.4 Å². The van der Waals surface area contributed by atoms with Gasteiger partial charge in [0.15, 0.2) is 0 Å². The van der Waals surface area contributed by atoms with Gasteiger partial charge in [0.1, 0.15) is 5.76 Å². The van der Waals surface area contributed by atoms with Gasteiger partial charge in [0.25, 0.3) is 0 Å². The number of para-hydroxylation sites is 1. The Labute approximate surface area is 145 Å². The van der Waals surface area contributed by atoms with Crippen molar-refractivity contribution in [1.29, 1.82) is 0 Å². The summed E-state index contributed by atoms with van der Waals surface area (Å²) in [5, 5.41) is 4.02. The van der Waals surface area contributed by atoms with Crippen molar-refractivity contribution in [2.24, 2.45) is 0 Å². The second kappa shape index (κ2) is 6.81. The molecule has 5 nitrogen and oxygen atoms in total. The van der Waals surface area contributed by atoms with E-state index in [1.54, 1.807) is 6.20 Å². The van der Waals surface area contributed by atoms with E-state index in [-0.39, 0.29) is 0 Å². The maximum Gasteiger partial charge on any atom is 0.412 e. The fourth-order valence-electron chi connectivity index (χ4n) is 3.16. The Balaban J connectivity index is 1.32. The molecule has 3 aromatic rings. The quantitative estimate of drug-likeness (QED) is 0.763. The van der Waals surface area contributed by atoms with E-state index >= 15 is 0 Å². The molecule has 5 heteroatoms. The fourth-order valence-corrected chi connectivity index (χ4v) is 3.16. The van der Waals surface area contributed by atoms with Crippen LogP contribution < -0.4 is 5.32 Å². The lowest BCUT2D eigenvalue weighted by Gasteiger charge is -2.16. The van der Waals surface area contributed by atoms with Crippen LogP contribution >= 0.6 is 0 Å². The van der Waals surface area contributed by atoms with Gasteiger partial charge in [0.05, 0.1) is 0 Å². The van der Waals surface area contributed by atoms with E-state index in [1.807, 2.05) is 42.7 Å². The van der Waals surface area contributed by atoms with Crippen LogP contribution in [-0.2, 0) is 17.6 Å². The van der Waals surface area contributed by atoms with Gasteiger partial charge >= 0.3 is 6.09 Å². The molecule has 0 bridgehead atoms. The molecule has 4 rings (SSSR count). The third-order valence-electron chi connectivity index (χ3n) is 4.46. The van der Waals surface area contributed by atoms with E-state index in [0.717, 1.165) is 23.9 Å². The van der Waals surface area contributed by atoms with Crippen LogP contribution in [-0.4, -0.2) is 22.6 Å². The summed E-state index contributed by atoms with van der Waals surface area (Å²) in [4.78, 5) is 19.4. The molecule has 1 aliphatic carbocycles. The van der Waals surface area contributed by atoms with E-state index in [4.69, 9.17) is 4.74 Å². The molecule has 0 radical (unpaired) electrons. The average molecular weight is 333 g/mol. The van der Waals surface area contributed by atoms with Crippen molar-refractivity contribution in [3.63, 3.8) is 0 Å². The Bertz CT molecular complexity index is 943. The van der Waals surface area contributed by atoms with Crippen molar-refractivity contribution in [2.45, 2.75) is 19.3 Å². The Kier molecular flexibility index (Phi) is 4.21. The highest BCUT2D eigenvalue weighted by atomic mass is 16.6. The first-order chi connectivity index (χ1) is 12.3. The second-order valence-electron chi connectivity index (χ2n) is 6.11. The number of hydrogen-bond donors (Lipinski definition) is 2. The molecule has 126 valence electrons. The van der Waals surface area contributed by atoms with Crippen molar-refractivity contribution < 1.29 is 9.53 Å². The molecule has 1 aliphatic rings. The van der Waals surface area contributed by atoms with Crippen molar-refractivity contribution in [2.75, 3.05) is 6.54 Å². The van der Waals surface area contributed by atoms with Gasteiger partial charge in [-0.3, -0.25) is 4.98 Å². The number of allylic oxidation sites excluding steroid dienone is 1. The summed E-state index contributed by atoms with van der Waals surface area (Å²) < 4.78 is 5.44. The lowest BCUT2D eigenvalue weighted by atomic mass is 9.99. The van der Waals surface area contributed by atoms with E-state index < -0.39 is 6.09 Å². The number of nitrogens with one attached hydrogen (secondary N) is 2. The van der Waals surface area contributed by atoms with Gasteiger partial charge in [0, 0.05) is 42.5 Å². The first-order valence-corrected chi connectivity index (χ1v) is 8.44. The number of aromatic nitrogens is 2. The number of fused-ring (bicyclic) bond motifs is 2. The number of ether oxygens (including phenoxy) is 1. The zero-order valence-electron chi connectivity index (χ0n) is 13.8. The standard InChI is InChI=1S/C20H19N3O2/c24-20(25-17-6-5-15-12-21-9-7-14(15)11-17)22-10-8-16-13-23-19-4-2-1-3-18(16)19/h1-4,7,9,11-13,23H,5-6,8,10H2,(H,22,24). The number of amides is 1. The molecule has 0 saturated carbocycles. The van der Waals surface area contributed by atoms with E-state index in [9.17, 15) is 4.79 Å². The molecule has 2 heterocycles. The van der Waals surface area contributed by atoms with Crippen molar-refractivity contribution >= 4 is 23.1 Å². The molecule has 2 N–H and O–H groups in total. The Morgan fingerprint density at radius 1 is 1.24 bits per heavy atom. The van der Waals surface area contributed by atoms with Gasteiger partial charge in [-0.1, -0.05) is 18.2 Å². The minimum Gasteiger partial charge on any atom is -0.415 e. The number of nitrogens with zero attached hydrogens (tertiary/aromatic N) is 1. The molecule has 0 atom stereocenters. The third-order valence-corrected chi connectivity index (χ3v) is 4.46. The SMILES string of the molecule is O=C(NCCc1c[nH]c2ccccc12)OC1=Cc2ccncc2CC1. The van der Waals surface area contributed by atoms with Gasteiger partial charge in [-0.2, -0.15) is 0 Å². The Morgan fingerprint density at radius 3 is 3.12 bits per heavy atom. The van der Waals surface area contributed by atoms with Gasteiger partial charge in [-0.15, -0.1) is 0 Å². The number of aryl methyl sites for hydroxylation is 1. The van der Waals surface area contributed by atoms with Gasteiger partial charge in [0.2, 0.25) is 0 Å². The Morgan fingerprint density at radius 2 is 2.16 bits per heavy atom. The third kappa shape index (κ3) is 3.40. The first-order valence-electron chi connectivity index (χ1n) is 8.44. The first kappa shape index (κ1) is 15.4. The van der Waals surface area contributed by atoms with Crippen LogP contribution in [0.1, 0.15) is 23.1 Å². The van der Waals surface area contributed by atoms with Crippen LogP contribution in [0.25, 0.3) is 17.0 Å². The maximum atomic E-state index is 12.0. The monoisotopic (exact) mass is 333 g/mol. The summed E-state index contributed by atoms with van der Waals surface area (Å²) >= 11 is 0. The van der Waals surface area contributed by atoms with Crippen LogP contribution in [0.4, 0.5) is 4.79 Å². The number of hydrogen-bond acceptors (Lipinski definition) is 3. The average Bonchev–Trinajstić information content (AvgIpc) is 3.05. The summed E-state index contributed by atoms with van der Waals surface area (Å²) in [6, 6.07) is 10.1. The summed E-state index contributed by atoms with van der Waals surface area (Å²) in [5.74, 6) is 0.697. The van der Waals surface area contributed by atoms with Gasteiger partial charge < -0.3 is 15.0 Å². The molecule has 2 aromatic heterocycles. The largest absolute Gasteiger partial charge is 0.415 e.